The zero-order chi connectivity index (χ0) is 21.6. The predicted octanol–water partition coefficient (Wildman–Crippen LogP) is 7.31. The highest BCUT2D eigenvalue weighted by Gasteiger charge is 2.40. The number of halogens is 7. The lowest BCUT2D eigenvalue weighted by Gasteiger charge is -2.13. The van der Waals surface area contributed by atoms with Crippen LogP contribution in [0.15, 0.2) is 53.2 Å². The lowest BCUT2D eigenvalue weighted by atomic mass is 10.1. The van der Waals surface area contributed by atoms with E-state index in [0.717, 1.165) is 18.3 Å². The van der Waals surface area contributed by atoms with Crippen molar-refractivity contribution in [2.24, 2.45) is 0 Å². The molecule has 0 unspecified atom stereocenters. The highest BCUT2D eigenvalue weighted by molar-refractivity contribution is 6.35. The molecular weight excluding hydrogens is 469 g/mol. The van der Waals surface area contributed by atoms with Gasteiger partial charge in [-0.2, -0.15) is 18.3 Å². The number of alkyl halides is 3. The molecule has 0 amide bonds. The molecule has 154 valence electrons. The molecule has 4 rings (SSSR count). The van der Waals surface area contributed by atoms with Gasteiger partial charge in [0.1, 0.15) is 11.5 Å². The van der Waals surface area contributed by atoms with E-state index in [1.807, 2.05) is 0 Å². The Morgan fingerprint density at radius 1 is 0.967 bits per heavy atom. The van der Waals surface area contributed by atoms with Gasteiger partial charge in [-0.25, -0.2) is 9.07 Å². The van der Waals surface area contributed by atoms with E-state index >= 15 is 0 Å². The molecule has 0 saturated carbocycles. The van der Waals surface area contributed by atoms with E-state index in [9.17, 15) is 17.6 Å². The zero-order valence-corrected chi connectivity index (χ0v) is 16.8. The van der Waals surface area contributed by atoms with E-state index in [1.165, 1.54) is 30.3 Å². The minimum atomic E-state index is -4.82. The quantitative estimate of drug-likeness (QED) is 0.291. The smallest absolute Gasteiger partial charge is 0.356 e. The molecule has 4 aromatic rings. The number of hydrogen-bond acceptors (Lipinski definition) is 3. The third-order valence-corrected chi connectivity index (χ3v) is 5.02. The molecule has 0 bridgehead atoms. The van der Waals surface area contributed by atoms with Crippen molar-refractivity contribution in [2.45, 2.75) is 6.18 Å². The topological polar surface area (TPSA) is 43.9 Å². The van der Waals surface area contributed by atoms with Crippen molar-refractivity contribution in [3.63, 3.8) is 0 Å². The second kappa shape index (κ2) is 7.61. The van der Waals surface area contributed by atoms with Crippen molar-refractivity contribution in [1.82, 2.24) is 14.9 Å². The summed E-state index contributed by atoms with van der Waals surface area (Å²) in [5.74, 6) is -0.963. The number of nitrogens with zero attached hydrogens (tertiary/aromatic N) is 3. The van der Waals surface area contributed by atoms with Crippen LogP contribution in [-0.2, 0) is 6.18 Å². The molecule has 0 atom stereocenters. The maximum absolute atomic E-state index is 14.1. The Hall–Kier alpha value is -2.55. The minimum Gasteiger partial charge on any atom is -0.356 e. The van der Waals surface area contributed by atoms with Gasteiger partial charge in [0, 0.05) is 11.1 Å². The van der Waals surface area contributed by atoms with Gasteiger partial charge in [0.2, 0.25) is 0 Å². The monoisotopic (exact) mass is 475 g/mol. The maximum Gasteiger partial charge on any atom is 0.434 e. The molecule has 0 N–H and O–H groups in total. The molecule has 4 nitrogen and oxygen atoms in total. The van der Waals surface area contributed by atoms with Crippen LogP contribution in [0.4, 0.5) is 17.6 Å². The Labute approximate surface area is 181 Å². The Morgan fingerprint density at radius 2 is 1.73 bits per heavy atom. The van der Waals surface area contributed by atoms with Crippen molar-refractivity contribution in [2.75, 3.05) is 0 Å². The fourth-order valence-electron chi connectivity index (χ4n) is 2.90. The van der Waals surface area contributed by atoms with Gasteiger partial charge in [-0.15, -0.1) is 0 Å². The molecule has 11 heteroatoms. The number of aromatic nitrogens is 3. The average molecular weight is 477 g/mol. The highest BCUT2D eigenvalue weighted by atomic mass is 35.5. The normalized spacial score (nSPS) is 11.8. The largest absolute Gasteiger partial charge is 0.434 e. The summed E-state index contributed by atoms with van der Waals surface area (Å²) < 4.78 is 61.6. The zero-order valence-electron chi connectivity index (χ0n) is 14.5. The third-order valence-electron chi connectivity index (χ3n) is 4.17. The van der Waals surface area contributed by atoms with Gasteiger partial charge in [0.15, 0.2) is 11.5 Å². The molecule has 0 aliphatic heterocycles. The molecule has 2 aromatic heterocycles. The maximum atomic E-state index is 14.1. The van der Waals surface area contributed by atoms with Crippen LogP contribution in [-0.4, -0.2) is 14.9 Å². The van der Waals surface area contributed by atoms with E-state index in [2.05, 4.69) is 10.3 Å². The first-order valence-corrected chi connectivity index (χ1v) is 9.32. The van der Waals surface area contributed by atoms with Crippen LogP contribution in [0.1, 0.15) is 5.69 Å². The Morgan fingerprint density at radius 3 is 2.40 bits per heavy atom. The Bertz CT molecular complexity index is 1230. The first-order valence-electron chi connectivity index (χ1n) is 8.19. The van der Waals surface area contributed by atoms with Crippen LogP contribution in [0.5, 0.6) is 0 Å². The molecule has 0 saturated heterocycles. The van der Waals surface area contributed by atoms with Crippen molar-refractivity contribution in [3.8, 4) is 28.3 Å². The Balaban J connectivity index is 1.87. The third kappa shape index (κ3) is 3.66. The summed E-state index contributed by atoms with van der Waals surface area (Å²) >= 11 is 17.9. The molecule has 0 spiro atoms. The average Bonchev–Trinajstić information content (AvgIpc) is 3.28. The second-order valence-corrected chi connectivity index (χ2v) is 7.34. The summed E-state index contributed by atoms with van der Waals surface area (Å²) in [5.41, 5.74) is -1.72. The van der Waals surface area contributed by atoms with E-state index in [-0.39, 0.29) is 37.8 Å². The second-order valence-electron chi connectivity index (χ2n) is 6.09. The SMILES string of the molecule is Fc1cccc(Cl)c1-c1cc(-c2cnn(-c3ccc(Cl)cc3Cl)c2C(F)(F)F)on1. The number of rotatable bonds is 3. The summed E-state index contributed by atoms with van der Waals surface area (Å²) in [6.07, 6.45) is -3.86. The van der Waals surface area contributed by atoms with E-state index in [4.69, 9.17) is 39.3 Å². The lowest BCUT2D eigenvalue weighted by Crippen LogP contribution is -2.14. The first-order chi connectivity index (χ1) is 14.2. The molecule has 0 fully saturated rings. The Kier molecular flexibility index (Phi) is 5.25. The van der Waals surface area contributed by atoms with Crippen LogP contribution in [0.25, 0.3) is 28.3 Å². The fourth-order valence-corrected chi connectivity index (χ4v) is 3.65. The van der Waals surface area contributed by atoms with Gasteiger partial charge >= 0.3 is 6.18 Å². The van der Waals surface area contributed by atoms with Gasteiger partial charge in [0.05, 0.1) is 33.1 Å². The molecule has 30 heavy (non-hydrogen) atoms. The fraction of sp³-hybridized carbons (Fsp3) is 0.0526. The van der Waals surface area contributed by atoms with Crippen molar-refractivity contribution >= 4 is 34.8 Å². The highest BCUT2D eigenvalue weighted by Crippen LogP contribution is 2.41. The summed E-state index contributed by atoms with van der Waals surface area (Å²) in [6.45, 7) is 0. The van der Waals surface area contributed by atoms with Crippen LogP contribution in [0, 0.1) is 5.82 Å². The molecule has 2 heterocycles. The van der Waals surface area contributed by atoms with Crippen LogP contribution in [0.2, 0.25) is 15.1 Å². The van der Waals surface area contributed by atoms with Gasteiger partial charge in [-0.3, -0.25) is 0 Å². The molecule has 2 aromatic carbocycles. The molecule has 0 radical (unpaired) electrons. The van der Waals surface area contributed by atoms with Crippen molar-refractivity contribution < 1.29 is 22.1 Å². The number of hydrogen-bond donors (Lipinski definition) is 0. The number of benzene rings is 2. The van der Waals surface area contributed by atoms with Gasteiger partial charge in [-0.1, -0.05) is 46.0 Å². The predicted molar refractivity (Wildman–Crippen MR) is 104 cm³/mol. The summed E-state index contributed by atoms with van der Waals surface area (Å²) in [6, 6.07) is 9.12. The minimum absolute atomic E-state index is 0.0287. The molecule has 0 aliphatic rings. The van der Waals surface area contributed by atoms with Crippen LogP contribution >= 0.6 is 34.8 Å². The van der Waals surface area contributed by atoms with Gasteiger partial charge in [0.25, 0.3) is 0 Å². The summed E-state index contributed by atoms with van der Waals surface area (Å²) in [5, 5.41) is 7.75. The van der Waals surface area contributed by atoms with E-state index in [1.54, 1.807) is 0 Å². The van der Waals surface area contributed by atoms with E-state index in [0.29, 0.717) is 4.68 Å². The van der Waals surface area contributed by atoms with E-state index < -0.39 is 23.3 Å². The molecule has 0 aliphatic carbocycles. The standard InChI is InChI=1S/C19H8Cl3F4N3O/c20-9-4-5-15(12(22)6-9)29-18(19(24,25)26)10(8-27-29)16-7-14(28-30-16)17-11(21)2-1-3-13(17)23/h1-8H. The van der Waals surface area contributed by atoms with Crippen molar-refractivity contribution in [1.29, 1.82) is 0 Å². The van der Waals surface area contributed by atoms with Crippen LogP contribution < -0.4 is 0 Å². The van der Waals surface area contributed by atoms with Crippen molar-refractivity contribution in [3.05, 3.63) is 75.2 Å². The lowest BCUT2D eigenvalue weighted by molar-refractivity contribution is -0.142. The van der Waals surface area contributed by atoms with Gasteiger partial charge in [-0.05, 0) is 30.3 Å². The first kappa shape index (κ1) is 20.7. The van der Waals surface area contributed by atoms with Crippen LogP contribution in [0.3, 0.4) is 0 Å². The van der Waals surface area contributed by atoms with Gasteiger partial charge < -0.3 is 4.52 Å². The summed E-state index contributed by atoms with van der Waals surface area (Å²) in [7, 11) is 0. The summed E-state index contributed by atoms with van der Waals surface area (Å²) in [4.78, 5) is 0. The molecular formula is C19H8Cl3F4N3O.